The molecule has 0 aromatic rings. The summed E-state index contributed by atoms with van der Waals surface area (Å²) in [5.74, 6) is 0. The standard InChI is InChI=1S/C18H39NO2/c1-5-7-9-11-13-21-15-17(20)14-19-16-18(3,4)12-10-8-6-2/h17,19-20H,5-16H2,1-4H3. The average Bonchev–Trinajstić information content (AvgIpc) is 2.42. The Labute approximate surface area is 132 Å². The Morgan fingerprint density at radius 3 is 2.33 bits per heavy atom. The van der Waals surface area contributed by atoms with Gasteiger partial charge in [0.05, 0.1) is 12.7 Å². The Bertz CT molecular complexity index is 219. The molecule has 0 rings (SSSR count). The summed E-state index contributed by atoms with van der Waals surface area (Å²) >= 11 is 0. The maximum atomic E-state index is 9.88. The lowest BCUT2D eigenvalue weighted by Crippen LogP contribution is -2.36. The predicted molar refractivity (Wildman–Crippen MR) is 91.8 cm³/mol. The van der Waals surface area contributed by atoms with Gasteiger partial charge in [-0.25, -0.2) is 0 Å². The molecule has 0 fully saturated rings. The molecule has 0 bridgehead atoms. The lowest BCUT2D eigenvalue weighted by molar-refractivity contribution is 0.0343. The van der Waals surface area contributed by atoms with Gasteiger partial charge in [0.2, 0.25) is 0 Å². The van der Waals surface area contributed by atoms with Crippen molar-refractivity contribution >= 4 is 0 Å². The molecule has 2 N–H and O–H groups in total. The number of aliphatic hydroxyl groups excluding tert-OH is 1. The fraction of sp³-hybridized carbons (Fsp3) is 1.00. The highest BCUT2D eigenvalue weighted by atomic mass is 16.5. The van der Waals surface area contributed by atoms with E-state index in [1.165, 1.54) is 44.9 Å². The van der Waals surface area contributed by atoms with Gasteiger partial charge in [-0.15, -0.1) is 0 Å². The molecule has 0 saturated heterocycles. The zero-order chi connectivity index (χ0) is 16.0. The molecular weight excluding hydrogens is 262 g/mol. The fourth-order valence-corrected chi connectivity index (χ4v) is 2.43. The van der Waals surface area contributed by atoms with Gasteiger partial charge < -0.3 is 15.2 Å². The molecule has 0 aliphatic carbocycles. The van der Waals surface area contributed by atoms with E-state index >= 15 is 0 Å². The minimum absolute atomic E-state index is 0.315. The van der Waals surface area contributed by atoms with Gasteiger partial charge in [0.25, 0.3) is 0 Å². The average molecular weight is 302 g/mol. The summed E-state index contributed by atoms with van der Waals surface area (Å²) in [6.45, 7) is 11.9. The second-order valence-corrected chi connectivity index (χ2v) is 7.04. The zero-order valence-electron chi connectivity index (χ0n) is 14.9. The van der Waals surface area contributed by atoms with E-state index in [0.29, 0.717) is 18.6 Å². The normalized spacial score (nSPS) is 13.6. The van der Waals surface area contributed by atoms with Crippen LogP contribution >= 0.6 is 0 Å². The molecule has 21 heavy (non-hydrogen) atoms. The summed E-state index contributed by atoms with van der Waals surface area (Å²) in [6, 6.07) is 0. The molecule has 0 heterocycles. The molecule has 0 saturated carbocycles. The van der Waals surface area contributed by atoms with Gasteiger partial charge in [-0.3, -0.25) is 0 Å². The highest BCUT2D eigenvalue weighted by Crippen LogP contribution is 2.22. The highest BCUT2D eigenvalue weighted by molar-refractivity contribution is 4.72. The number of ether oxygens (including phenoxy) is 1. The minimum Gasteiger partial charge on any atom is -0.389 e. The largest absolute Gasteiger partial charge is 0.389 e. The molecule has 0 aliphatic rings. The van der Waals surface area contributed by atoms with Crippen molar-refractivity contribution in [2.45, 2.75) is 85.2 Å². The van der Waals surface area contributed by atoms with Crippen molar-refractivity contribution in [2.24, 2.45) is 5.41 Å². The maximum Gasteiger partial charge on any atom is 0.0897 e. The van der Waals surface area contributed by atoms with Crippen molar-refractivity contribution in [3.05, 3.63) is 0 Å². The van der Waals surface area contributed by atoms with E-state index in [-0.39, 0.29) is 6.10 Å². The lowest BCUT2D eigenvalue weighted by Gasteiger charge is -2.25. The molecule has 3 heteroatoms. The topological polar surface area (TPSA) is 41.5 Å². The van der Waals surface area contributed by atoms with Crippen LogP contribution in [-0.2, 0) is 4.74 Å². The van der Waals surface area contributed by atoms with Crippen molar-refractivity contribution < 1.29 is 9.84 Å². The van der Waals surface area contributed by atoms with Gasteiger partial charge in [0.15, 0.2) is 0 Å². The van der Waals surface area contributed by atoms with Crippen LogP contribution in [0.5, 0.6) is 0 Å². The van der Waals surface area contributed by atoms with Gasteiger partial charge in [-0.1, -0.05) is 66.2 Å². The number of unbranched alkanes of at least 4 members (excludes halogenated alkanes) is 5. The summed E-state index contributed by atoms with van der Waals surface area (Å²) in [5.41, 5.74) is 0.315. The van der Waals surface area contributed by atoms with Crippen LogP contribution in [0.2, 0.25) is 0 Å². The minimum atomic E-state index is -0.386. The number of rotatable bonds is 15. The molecule has 0 amide bonds. The van der Waals surface area contributed by atoms with Crippen molar-refractivity contribution in [3.63, 3.8) is 0 Å². The van der Waals surface area contributed by atoms with Crippen LogP contribution in [0.25, 0.3) is 0 Å². The Kier molecular flexibility index (Phi) is 13.5. The van der Waals surface area contributed by atoms with Crippen LogP contribution in [0, 0.1) is 5.41 Å². The molecule has 1 unspecified atom stereocenters. The Morgan fingerprint density at radius 2 is 1.67 bits per heavy atom. The van der Waals surface area contributed by atoms with Crippen LogP contribution < -0.4 is 5.32 Å². The number of hydrogen-bond acceptors (Lipinski definition) is 3. The smallest absolute Gasteiger partial charge is 0.0897 e. The van der Waals surface area contributed by atoms with Crippen molar-refractivity contribution in [1.82, 2.24) is 5.32 Å². The predicted octanol–water partition coefficient (Wildman–Crippen LogP) is 4.14. The summed E-state index contributed by atoms with van der Waals surface area (Å²) in [7, 11) is 0. The summed E-state index contributed by atoms with van der Waals surface area (Å²) in [6.07, 6.45) is 9.63. The third-order valence-corrected chi connectivity index (χ3v) is 3.89. The molecule has 0 spiro atoms. The van der Waals surface area contributed by atoms with E-state index < -0.39 is 0 Å². The molecule has 0 aliphatic heterocycles. The second-order valence-electron chi connectivity index (χ2n) is 7.04. The van der Waals surface area contributed by atoms with E-state index in [9.17, 15) is 5.11 Å². The van der Waals surface area contributed by atoms with Crippen LogP contribution in [0.15, 0.2) is 0 Å². The lowest BCUT2D eigenvalue weighted by atomic mass is 9.87. The highest BCUT2D eigenvalue weighted by Gasteiger charge is 2.17. The Hall–Kier alpha value is -0.120. The van der Waals surface area contributed by atoms with Crippen molar-refractivity contribution in [3.8, 4) is 0 Å². The Morgan fingerprint density at radius 1 is 1.00 bits per heavy atom. The monoisotopic (exact) mass is 301 g/mol. The first kappa shape index (κ1) is 20.9. The quantitative estimate of drug-likeness (QED) is 0.447. The van der Waals surface area contributed by atoms with Crippen LogP contribution in [0.1, 0.15) is 79.1 Å². The van der Waals surface area contributed by atoms with E-state index in [0.717, 1.165) is 19.6 Å². The number of aliphatic hydroxyl groups is 1. The summed E-state index contributed by atoms with van der Waals surface area (Å²) in [4.78, 5) is 0. The maximum absolute atomic E-state index is 9.88. The SMILES string of the molecule is CCCCCCOCC(O)CNCC(C)(C)CCCCC. The van der Waals surface area contributed by atoms with E-state index in [1.807, 2.05) is 0 Å². The second kappa shape index (κ2) is 13.5. The van der Waals surface area contributed by atoms with E-state index in [1.54, 1.807) is 0 Å². The third kappa shape index (κ3) is 14.6. The van der Waals surface area contributed by atoms with Gasteiger partial charge in [0, 0.05) is 19.7 Å². The van der Waals surface area contributed by atoms with Crippen LogP contribution in [0.3, 0.4) is 0 Å². The summed E-state index contributed by atoms with van der Waals surface area (Å²) < 4.78 is 5.51. The molecule has 3 nitrogen and oxygen atoms in total. The van der Waals surface area contributed by atoms with E-state index in [4.69, 9.17) is 4.74 Å². The van der Waals surface area contributed by atoms with Gasteiger partial charge in [0.1, 0.15) is 0 Å². The number of nitrogens with one attached hydrogen (secondary N) is 1. The van der Waals surface area contributed by atoms with Gasteiger partial charge >= 0.3 is 0 Å². The molecule has 0 aromatic carbocycles. The van der Waals surface area contributed by atoms with Crippen molar-refractivity contribution in [1.29, 1.82) is 0 Å². The zero-order valence-corrected chi connectivity index (χ0v) is 14.9. The summed E-state index contributed by atoms with van der Waals surface area (Å²) in [5, 5.41) is 13.3. The molecule has 128 valence electrons. The van der Waals surface area contributed by atoms with Crippen molar-refractivity contribution in [2.75, 3.05) is 26.3 Å². The fourth-order valence-electron chi connectivity index (χ4n) is 2.43. The number of hydrogen-bond donors (Lipinski definition) is 2. The molecule has 1 atom stereocenters. The third-order valence-electron chi connectivity index (χ3n) is 3.89. The molecular formula is C18H39NO2. The molecule has 0 radical (unpaired) electrons. The molecule has 0 aromatic heterocycles. The van der Waals surface area contributed by atoms with E-state index in [2.05, 4.69) is 33.0 Å². The van der Waals surface area contributed by atoms with Crippen LogP contribution in [-0.4, -0.2) is 37.5 Å². The van der Waals surface area contributed by atoms with Gasteiger partial charge in [-0.2, -0.15) is 0 Å². The first-order valence-electron chi connectivity index (χ1n) is 8.98. The first-order chi connectivity index (χ1) is 10.0. The first-order valence-corrected chi connectivity index (χ1v) is 8.98. The van der Waals surface area contributed by atoms with Gasteiger partial charge in [-0.05, 0) is 18.3 Å². The van der Waals surface area contributed by atoms with Crippen LogP contribution in [0.4, 0.5) is 0 Å². The Balaban J connectivity index is 3.48.